The molecule has 0 aliphatic carbocycles. The van der Waals surface area contributed by atoms with E-state index in [4.69, 9.17) is 16.3 Å². The van der Waals surface area contributed by atoms with Gasteiger partial charge in [0.25, 0.3) is 0 Å². The van der Waals surface area contributed by atoms with Crippen LogP contribution in [0.5, 0.6) is 5.75 Å². The van der Waals surface area contributed by atoms with Crippen molar-refractivity contribution in [3.8, 4) is 5.75 Å². The van der Waals surface area contributed by atoms with Gasteiger partial charge < -0.3 is 4.74 Å². The first-order valence-corrected chi connectivity index (χ1v) is 12.1. The molecule has 0 radical (unpaired) electrons. The number of fused-ring (bicyclic) bond motifs is 1. The van der Waals surface area contributed by atoms with Crippen molar-refractivity contribution < 1.29 is 13.9 Å². The summed E-state index contributed by atoms with van der Waals surface area (Å²) in [6.07, 6.45) is 17.6. The Balaban J connectivity index is 1.58. The van der Waals surface area contributed by atoms with Gasteiger partial charge in [-0.3, -0.25) is 4.79 Å². The number of rotatable bonds is 15. The number of hydrogen-bond acceptors (Lipinski definition) is 2. The van der Waals surface area contributed by atoms with E-state index in [9.17, 15) is 9.18 Å². The molecule has 1 aliphatic heterocycles. The van der Waals surface area contributed by atoms with E-state index >= 15 is 0 Å². The molecule has 0 bridgehead atoms. The van der Waals surface area contributed by atoms with Crippen LogP contribution in [0.2, 0.25) is 0 Å². The van der Waals surface area contributed by atoms with Crippen LogP contribution < -0.4 is 4.74 Å². The molecule has 0 amide bonds. The van der Waals surface area contributed by atoms with Crippen LogP contribution in [-0.2, 0) is 11.2 Å². The molecule has 0 aromatic heterocycles. The van der Waals surface area contributed by atoms with E-state index in [0.29, 0.717) is 5.75 Å². The Morgan fingerprint density at radius 3 is 2.21 bits per heavy atom. The van der Waals surface area contributed by atoms with Gasteiger partial charge in [-0.25, -0.2) is 4.39 Å². The van der Waals surface area contributed by atoms with Gasteiger partial charge in [0.1, 0.15) is 17.7 Å². The second-order valence-corrected chi connectivity index (χ2v) is 8.91. The highest BCUT2D eigenvalue weighted by atomic mass is 35.5. The van der Waals surface area contributed by atoms with Crippen LogP contribution in [0.1, 0.15) is 102 Å². The van der Waals surface area contributed by atoms with Crippen LogP contribution >= 0.6 is 11.6 Å². The van der Waals surface area contributed by atoms with Crippen molar-refractivity contribution >= 4 is 16.8 Å². The van der Waals surface area contributed by atoms with Crippen LogP contribution in [0.25, 0.3) is 0 Å². The lowest BCUT2D eigenvalue weighted by Gasteiger charge is -2.30. The van der Waals surface area contributed by atoms with Gasteiger partial charge >= 0.3 is 0 Å². The predicted molar refractivity (Wildman–Crippen MR) is 119 cm³/mol. The summed E-state index contributed by atoms with van der Waals surface area (Å²) >= 11 is 5.89. The quantitative estimate of drug-likeness (QED) is 0.210. The highest BCUT2D eigenvalue weighted by molar-refractivity contribution is 6.64. The molecule has 4 heteroatoms. The summed E-state index contributed by atoms with van der Waals surface area (Å²) in [6.45, 7) is 2.26. The second-order valence-electron chi connectivity index (χ2n) is 8.54. The molecule has 2 atom stereocenters. The Hall–Kier alpha value is -1.09. The molecule has 0 saturated carbocycles. The van der Waals surface area contributed by atoms with E-state index in [-0.39, 0.29) is 23.1 Å². The number of halogens is 2. The molecule has 1 aromatic carbocycles. The zero-order valence-corrected chi connectivity index (χ0v) is 18.8. The van der Waals surface area contributed by atoms with Crippen molar-refractivity contribution in [2.45, 2.75) is 109 Å². The fourth-order valence-electron chi connectivity index (χ4n) is 4.31. The van der Waals surface area contributed by atoms with E-state index < -0.39 is 0 Å². The monoisotopic (exact) mass is 424 g/mol. The predicted octanol–water partition coefficient (Wildman–Crippen LogP) is 7.99. The lowest BCUT2D eigenvalue weighted by atomic mass is 9.90. The molecule has 0 N–H and O–H groups in total. The summed E-state index contributed by atoms with van der Waals surface area (Å²) in [7, 11) is 0. The van der Waals surface area contributed by atoms with Gasteiger partial charge in [0.2, 0.25) is 5.24 Å². The van der Waals surface area contributed by atoms with E-state index in [1.807, 2.05) is 0 Å². The molecule has 0 spiro atoms. The Labute approximate surface area is 181 Å². The normalized spacial score (nSPS) is 16.9. The van der Waals surface area contributed by atoms with E-state index in [1.54, 1.807) is 6.07 Å². The maximum absolute atomic E-state index is 13.3. The van der Waals surface area contributed by atoms with Crippen molar-refractivity contribution in [2.75, 3.05) is 0 Å². The maximum Gasteiger partial charge on any atom is 0.228 e. The van der Waals surface area contributed by atoms with Crippen LogP contribution in [0.4, 0.5) is 4.39 Å². The third-order valence-electron chi connectivity index (χ3n) is 6.11. The van der Waals surface area contributed by atoms with Gasteiger partial charge in [0, 0.05) is 0 Å². The molecular weight excluding hydrogens is 387 g/mol. The number of benzene rings is 1. The van der Waals surface area contributed by atoms with Crippen molar-refractivity contribution in [1.29, 1.82) is 0 Å². The highest BCUT2D eigenvalue weighted by Gasteiger charge is 2.31. The lowest BCUT2D eigenvalue weighted by molar-refractivity contribution is -0.118. The fraction of sp³-hybridized carbons (Fsp3) is 0.720. The lowest BCUT2D eigenvalue weighted by Crippen LogP contribution is -2.34. The molecule has 2 nitrogen and oxygen atoms in total. The number of carbonyl (C=O) groups is 1. The average Bonchev–Trinajstić information content (AvgIpc) is 2.71. The number of ether oxygens (including phenoxy) is 1. The van der Waals surface area contributed by atoms with Gasteiger partial charge in [-0.1, -0.05) is 84.0 Å². The van der Waals surface area contributed by atoms with Gasteiger partial charge in [0.05, 0.1) is 5.92 Å². The Kier molecular flexibility index (Phi) is 11.7. The van der Waals surface area contributed by atoms with Crippen LogP contribution in [0.3, 0.4) is 0 Å². The number of aryl methyl sites for hydroxylation is 1. The van der Waals surface area contributed by atoms with Gasteiger partial charge in [-0.05, 0) is 54.6 Å². The molecule has 1 aliphatic rings. The molecule has 0 unspecified atom stereocenters. The zero-order chi connectivity index (χ0) is 20.9. The van der Waals surface area contributed by atoms with E-state index in [0.717, 1.165) is 37.7 Å². The SMILES string of the molecule is CCCCCCCCCCCCCC[C@H](C(=O)Cl)[C@@H]1CCc2cc(F)ccc2O1. The standard InChI is InChI=1S/C25H38ClFO2/c1-2-3-4-5-6-7-8-9-10-11-12-13-14-22(25(26)28)24-17-15-20-19-21(27)16-18-23(20)29-24/h16,18-19,22,24H,2-15,17H2,1H3/t22-,24-/m0/s1. The van der Waals surface area contributed by atoms with E-state index in [1.165, 1.54) is 76.3 Å². The number of unbranched alkanes of at least 4 members (excludes halogenated alkanes) is 11. The van der Waals surface area contributed by atoms with Crippen LogP contribution in [0.15, 0.2) is 18.2 Å². The molecule has 1 heterocycles. The first-order valence-electron chi connectivity index (χ1n) is 11.8. The first kappa shape index (κ1) is 24.2. The van der Waals surface area contributed by atoms with Crippen LogP contribution in [-0.4, -0.2) is 11.3 Å². The summed E-state index contributed by atoms with van der Waals surface area (Å²) in [6, 6.07) is 4.59. The van der Waals surface area contributed by atoms with Crippen molar-refractivity contribution in [3.63, 3.8) is 0 Å². The minimum atomic E-state index is -0.302. The summed E-state index contributed by atoms with van der Waals surface area (Å²) < 4.78 is 19.3. The fourth-order valence-corrected chi connectivity index (χ4v) is 4.56. The first-order chi connectivity index (χ1) is 14.1. The molecule has 0 fully saturated rings. The number of hydrogen-bond donors (Lipinski definition) is 0. The average molecular weight is 425 g/mol. The summed E-state index contributed by atoms with van der Waals surface area (Å²) in [5.41, 5.74) is 0.882. The third-order valence-corrected chi connectivity index (χ3v) is 6.39. The molecular formula is C25H38ClFO2. The maximum atomic E-state index is 13.3. The van der Waals surface area contributed by atoms with Gasteiger partial charge in [0.15, 0.2) is 0 Å². The van der Waals surface area contributed by atoms with E-state index in [2.05, 4.69) is 6.92 Å². The third kappa shape index (κ3) is 9.07. The van der Waals surface area contributed by atoms with Crippen LogP contribution in [0, 0.1) is 11.7 Å². The minimum Gasteiger partial charge on any atom is -0.489 e. The molecule has 0 saturated heterocycles. The highest BCUT2D eigenvalue weighted by Crippen LogP contribution is 2.33. The zero-order valence-electron chi connectivity index (χ0n) is 18.1. The Morgan fingerprint density at radius 1 is 1.03 bits per heavy atom. The molecule has 2 rings (SSSR count). The molecule has 164 valence electrons. The number of carbonyl (C=O) groups excluding carboxylic acids is 1. The van der Waals surface area contributed by atoms with Crippen molar-refractivity contribution in [1.82, 2.24) is 0 Å². The van der Waals surface area contributed by atoms with Gasteiger partial charge in [-0.2, -0.15) is 0 Å². The second kappa shape index (κ2) is 14.0. The molecule has 29 heavy (non-hydrogen) atoms. The molecule has 1 aromatic rings. The van der Waals surface area contributed by atoms with Gasteiger partial charge in [-0.15, -0.1) is 0 Å². The minimum absolute atomic E-state index is 0.189. The summed E-state index contributed by atoms with van der Waals surface area (Å²) in [4.78, 5) is 12.0. The topological polar surface area (TPSA) is 26.3 Å². The van der Waals surface area contributed by atoms with Crippen molar-refractivity contribution in [2.24, 2.45) is 5.92 Å². The Bertz CT molecular complexity index is 604. The Morgan fingerprint density at radius 2 is 1.62 bits per heavy atom. The summed E-state index contributed by atoms with van der Waals surface area (Å²) in [5.74, 6) is 0.186. The smallest absolute Gasteiger partial charge is 0.228 e. The van der Waals surface area contributed by atoms with Crippen molar-refractivity contribution in [3.05, 3.63) is 29.6 Å². The summed E-state index contributed by atoms with van der Waals surface area (Å²) in [5, 5.41) is -0.302. The largest absolute Gasteiger partial charge is 0.489 e.